The average molecular weight is 341 g/mol. The van der Waals surface area contributed by atoms with Gasteiger partial charge in [0.1, 0.15) is 6.04 Å². The first-order valence-corrected chi connectivity index (χ1v) is 7.64. The monoisotopic (exact) mass is 340 g/mol. The molecule has 110 valence electrons. The number of hydrogen-bond donors (Lipinski definition) is 2. The molecule has 0 aliphatic carbocycles. The van der Waals surface area contributed by atoms with Gasteiger partial charge in [0.15, 0.2) is 0 Å². The van der Waals surface area contributed by atoms with Crippen molar-refractivity contribution >= 4 is 27.7 Å². The van der Waals surface area contributed by atoms with E-state index in [1.807, 2.05) is 31.2 Å². The Kier molecular flexibility index (Phi) is 7.30. The predicted octanol–water partition coefficient (Wildman–Crippen LogP) is 2.41. The fourth-order valence-corrected chi connectivity index (χ4v) is 2.21. The lowest BCUT2D eigenvalue weighted by Crippen LogP contribution is -2.45. The Morgan fingerprint density at radius 1 is 1.30 bits per heavy atom. The van der Waals surface area contributed by atoms with Crippen LogP contribution < -0.4 is 10.6 Å². The third kappa shape index (κ3) is 5.74. The summed E-state index contributed by atoms with van der Waals surface area (Å²) >= 11 is 3.45. The summed E-state index contributed by atoms with van der Waals surface area (Å²) in [5, 5.41) is 5.47. The van der Waals surface area contributed by atoms with Gasteiger partial charge in [0.05, 0.1) is 0 Å². The molecule has 20 heavy (non-hydrogen) atoms. The summed E-state index contributed by atoms with van der Waals surface area (Å²) in [7, 11) is 0. The zero-order chi connectivity index (χ0) is 15.0. The van der Waals surface area contributed by atoms with Crippen molar-refractivity contribution in [3.8, 4) is 0 Å². The minimum Gasteiger partial charge on any atom is -0.354 e. The molecular formula is C15H21BrN2O2. The van der Waals surface area contributed by atoms with Gasteiger partial charge in [0.25, 0.3) is 0 Å². The Morgan fingerprint density at radius 2 is 2.00 bits per heavy atom. The minimum absolute atomic E-state index is 0.111. The number of carbonyl (C=O) groups is 2. The zero-order valence-corrected chi connectivity index (χ0v) is 13.5. The van der Waals surface area contributed by atoms with Crippen LogP contribution in [0.25, 0.3) is 0 Å². The van der Waals surface area contributed by atoms with E-state index in [9.17, 15) is 9.59 Å². The van der Waals surface area contributed by atoms with Gasteiger partial charge in [-0.2, -0.15) is 0 Å². The molecule has 0 spiro atoms. The van der Waals surface area contributed by atoms with Gasteiger partial charge in [-0.1, -0.05) is 41.1 Å². The first-order chi connectivity index (χ1) is 9.54. The van der Waals surface area contributed by atoms with E-state index in [0.717, 1.165) is 16.5 Å². The molecule has 0 aliphatic heterocycles. The van der Waals surface area contributed by atoms with Crippen molar-refractivity contribution in [2.24, 2.45) is 0 Å². The summed E-state index contributed by atoms with van der Waals surface area (Å²) in [5.74, 6) is -0.249. The average Bonchev–Trinajstić information content (AvgIpc) is 2.43. The highest BCUT2D eigenvalue weighted by Gasteiger charge is 2.14. The fourth-order valence-electron chi connectivity index (χ4n) is 1.73. The van der Waals surface area contributed by atoms with Crippen molar-refractivity contribution in [3.05, 3.63) is 34.3 Å². The lowest BCUT2D eigenvalue weighted by atomic mass is 10.1. The molecule has 0 saturated heterocycles. The Morgan fingerprint density at radius 3 is 2.65 bits per heavy atom. The van der Waals surface area contributed by atoms with Crippen molar-refractivity contribution < 1.29 is 9.59 Å². The summed E-state index contributed by atoms with van der Waals surface area (Å²) in [6.45, 7) is 4.32. The highest BCUT2D eigenvalue weighted by molar-refractivity contribution is 9.10. The molecule has 0 bridgehead atoms. The molecule has 1 atom stereocenters. The van der Waals surface area contributed by atoms with E-state index >= 15 is 0 Å². The second-order valence-electron chi connectivity index (χ2n) is 4.67. The van der Waals surface area contributed by atoms with Crippen molar-refractivity contribution in [1.29, 1.82) is 0 Å². The van der Waals surface area contributed by atoms with Gasteiger partial charge in [-0.15, -0.1) is 0 Å². The van der Waals surface area contributed by atoms with Crippen molar-refractivity contribution in [1.82, 2.24) is 10.6 Å². The number of benzene rings is 1. The van der Waals surface area contributed by atoms with E-state index in [1.165, 1.54) is 0 Å². The smallest absolute Gasteiger partial charge is 0.242 e. The normalized spacial score (nSPS) is 11.8. The number of aryl methyl sites for hydroxylation is 1. The molecule has 1 aromatic carbocycles. The molecule has 5 heteroatoms. The van der Waals surface area contributed by atoms with Crippen LogP contribution in [0.4, 0.5) is 0 Å². The van der Waals surface area contributed by atoms with Gasteiger partial charge in [-0.05, 0) is 31.4 Å². The van der Waals surface area contributed by atoms with Crippen LogP contribution in [-0.2, 0) is 16.0 Å². The molecule has 0 unspecified atom stereocenters. The first kappa shape index (κ1) is 16.7. The lowest BCUT2D eigenvalue weighted by Gasteiger charge is -2.14. The summed E-state index contributed by atoms with van der Waals surface area (Å²) < 4.78 is 1.00. The Hall–Kier alpha value is -1.36. The Labute approximate surface area is 128 Å². The summed E-state index contributed by atoms with van der Waals surface area (Å²) in [4.78, 5) is 23.4. The molecule has 0 aliphatic rings. The number of nitrogens with one attached hydrogen (secondary N) is 2. The summed E-state index contributed by atoms with van der Waals surface area (Å²) in [6.07, 6.45) is 1.90. The summed E-state index contributed by atoms with van der Waals surface area (Å²) in [6, 6.07) is 7.32. The Balaban J connectivity index is 2.37. The SMILES string of the molecule is CCCNC(=O)[C@H](C)NC(=O)CCc1ccccc1Br. The van der Waals surface area contributed by atoms with Gasteiger partial charge in [0, 0.05) is 17.4 Å². The molecule has 2 N–H and O–H groups in total. The van der Waals surface area contributed by atoms with Crippen LogP contribution >= 0.6 is 15.9 Å². The Bertz CT molecular complexity index is 463. The number of amides is 2. The van der Waals surface area contributed by atoms with Crippen molar-refractivity contribution in [3.63, 3.8) is 0 Å². The highest BCUT2D eigenvalue weighted by atomic mass is 79.9. The maximum absolute atomic E-state index is 11.8. The van der Waals surface area contributed by atoms with Gasteiger partial charge in [-0.25, -0.2) is 0 Å². The van der Waals surface area contributed by atoms with E-state index in [0.29, 0.717) is 19.4 Å². The second kappa shape index (κ2) is 8.74. The lowest BCUT2D eigenvalue weighted by molar-refractivity contribution is -0.128. The third-order valence-electron chi connectivity index (χ3n) is 2.90. The molecule has 0 fully saturated rings. The van der Waals surface area contributed by atoms with Crippen LogP contribution in [0.3, 0.4) is 0 Å². The van der Waals surface area contributed by atoms with Gasteiger partial charge >= 0.3 is 0 Å². The quantitative estimate of drug-likeness (QED) is 0.800. The number of hydrogen-bond acceptors (Lipinski definition) is 2. The van der Waals surface area contributed by atoms with Crippen LogP contribution in [0.15, 0.2) is 28.7 Å². The largest absolute Gasteiger partial charge is 0.354 e. The van der Waals surface area contributed by atoms with Gasteiger partial charge in [-0.3, -0.25) is 9.59 Å². The third-order valence-corrected chi connectivity index (χ3v) is 3.67. The van der Waals surface area contributed by atoms with Crippen molar-refractivity contribution in [2.45, 2.75) is 39.2 Å². The minimum atomic E-state index is -0.492. The number of halogens is 1. The van der Waals surface area contributed by atoms with E-state index in [1.54, 1.807) is 6.92 Å². The predicted molar refractivity (Wildman–Crippen MR) is 83.4 cm³/mol. The van der Waals surface area contributed by atoms with Crippen molar-refractivity contribution in [2.75, 3.05) is 6.54 Å². The standard InChI is InChI=1S/C15H21BrN2O2/c1-3-10-17-15(20)11(2)18-14(19)9-8-12-6-4-5-7-13(12)16/h4-7,11H,3,8-10H2,1-2H3,(H,17,20)(H,18,19)/t11-/m0/s1. The fraction of sp³-hybridized carbons (Fsp3) is 0.467. The van der Waals surface area contributed by atoms with Gasteiger partial charge in [0.2, 0.25) is 11.8 Å². The molecule has 0 aromatic heterocycles. The molecule has 1 rings (SSSR count). The van der Waals surface area contributed by atoms with Gasteiger partial charge < -0.3 is 10.6 Å². The molecule has 0 radical (unpaired) electrons. The first-order valence-electron chi connectivity index (χ1n) is 6.85. The maximum atomic E-state index is 11.8. The molecule has 0 saturated carbocycles. The number of carbonyl (C=O) groups excluding carboxylic acids is 2. The zero-order valence-electron chi connectivity index (χ0n) is 11.9. The van der Waals surface area contributed by atoms with E-state index in [-0.39, 0.29) is 11.8 Å². The van der Waals surface area contributed by atoms with E-state index in [2.05, 4.69) is 26.6 Å². The second-order valence-corrected chi connectivity index (χ2v) is 5.53. The number of rotatable bonds is 7. The topological polar surface area (TPSA) is 58.2 Å². The van der Waals surface area contributed by atoms with E-state index in [4.69, 9.17) is 0 Å². The molecule has 1 aromatic rings. The van der Waals surface area contributed by atoms with E-state index < -0.39 is 6.04 Å². The van der Waals surface area contributed by atoms with Crippen LogP contribution in [0.1, 0.15) is 32.3 Å². The van der Waals surface area contributed by atoms with Crippen LogP contribution in [-0.4, -0.2) is 24.4 Å². The molecular weight excluding hydrogens is 320 g/mol. The maximum Gasteiger partial charge on any atom is 0.242 e. The molecule has 4 nitrogen and oxygen atoms in total. The van der Waals surface area contributed by atoms with Crippen LogP contribution in [0.2, 0.25) is 0 Å². The van der Waals surface area contributed by atoms with Crippen LogP contribution in [0.5, 0.6) is 0 Å². The van der Waals surface area contributed by atoms with Crippen LogP contribution in [0, 0.1) is 0 Å². The molecule has 2 amide bonds. The highest BCUT2D eigenvalue weighted by Crippen LogP contribution is 2.17. The summed E-state index contributed by atoms with van der Waals surface area (Å²) in [5.41, 5.74) is 1.09. The molecule has 0 heterocycles.